The molecule has 3 rings (SSSR count). The number of amides is 1. The highest BCUT2D eigenvalue weighted by Gasteiger charge is 2.09. The van der Waals surface area contributed by atoms with Crippen LogP contribution in [-0.2, 0) is 11.3 Å². The first kappa shape index (κ1) is 13.9. The number of carbonyl (C=O) groups is 1. The molecule has 3 aromatic rings. The maximum absolute atomic E-state index is 11.9. The normalized spacial score (nSPS) is 10.4. The molecule has 0 saturated carbocycles. The summed E-state index contributed by atoms with van der Waals surface area (Å²) in [5.41, 5.74) is 1.53. The van der Waals surface area contributed by atoms with E-state index >= 15 is 0 Å². The number of carbonyl (C=O) groups excluding carboxylic acids is 1. The molecule has 0 aliphatic rings. The Kier molecular flexibility index (Phi) is 3.92. The Morgan fingerprint density at radius 3 is 2.36 bits per heavy atom. The molecule has 3 aromatic carbocycles. The second-order valence-corrected chi connectivity index (χ2v) is 4.86. The van der Waals surface area contributed by atoms with Crippen molar-refractivity contribution in [2.24, 2.45) is 0 Å². The van der Waals surface area contributed by atoms with Crippen LogP contribution < -0.4 is 5.32 Å². The van der Waals surface area contributed by atoms with E-state index in [1.54, 1.807) is 18.2 Å². The van der Waals surface area contributed by atoms with Crippen molar-refractivity contribution in [1.82, 2.24) is 0 Å². The van der Waals surface area contributed by atoms with Crippen LogP contribution in [0.2, 0.25) is 0 Å². The maximum atomic E-state index is 11.9. The van der Waals surface area contributed by atoms with E-state index in [-0.39, 0.29) is 12.4 Å². The molecular weight excluding hydrogens is 278 g/mol. The highest BCUT2D eigenvalue weighted by Crippen LogP contribution is 2.30. The van der Waals surface area contributed by atoms with Gasteiger partial charge < -0.3 is 9.84 Å². The van der Waals surface area contributed by atoms with Gasteiger partial charge in [-0.25, -0.2) is 4.79 Å². The molecule has 0 fully saturated rings. The first-order chi connectivity index (χ1) is 10.7. The van der Waals surface area contributed by atoms with Crippen molar-refractivity contribution in [2.75, 3.05) is 5.32 Å². The van der Waals surface area contributed by atoms with Gasteiger partial charge in [0.05, 0.1) is 5.69 Å². The van der Waals surface area contributed by atoms with Crippen LogP contribution in [0.3, 0.4) is 0 Å². The summed E-state index contributed by atoms with van der Waals surface area (Å²) >= 11 is 0. The van der Waals surface area contributed by atoms with Gasteiger partial charge in [-0.15, -0.1) is 0 Å². The second kappa shape index (κ2) is 6.18. The smallest absolute Gasteiger partial charge is 0.411 e. The number of phenolic OH excluding ortho intramolecular Hbond substituents is 1. The van der Waals surface area contributed by atoms with Crippen molar-refractivity contribution in [3.63, 3.8) is 0 Å². The minimum absolute atomic E-state index is 0.179. The van der Waals surface area contributed by atoms with E-state index in [0.29, 0.717) is 11.1 Å². The Morgan fingerprint density at radius 2 is 1.59 bits per heavy atom. The summed E-state index contributed by atoms with van der Waals surface area (Å²) in [5.74, 6) is 0.179. The van der Waals surface area contributed by atoms with E-state index in [4.69, 9.17) is 4.74 Å². The number of benzene rings is 3. The Bertz CT molecular complexity index is 800. The number of anilines is 1. The van der Waals surface area contributed by atoms with Crippen LogP contribution in [0.1, 0.15) is 5.56 Å². The van der Waals surface area contributed by atoms with Gasteiger partial charge in [0.2, 0.25) is 0 Å². The van der Waals surface area contributed by atoms with Crippen LogP contribution in [-0.4, -0.2) is 11.2 Å². The molecule has 0 aliphatic carbocycles. The summed E-state index contributed by atoms with van der Waals surface area (Å²) < 4.78 is 5.20. The molecular formula is C18H15NO3. The number of hydrogen-bond acceptors (Lipinski definition) is 3. The van der Waals surface area contributed by atoms with Crippen LogP contribution in [0.15, 0.2) is 66.7 Å². The third kappa shape index (κ3) is 3.01. The zero-order valence-corrected chi connectivity index (χ0v) is 11.8. The molecule has 0 saturated heterocycles. The van der Waals surface area contributed by atoms with E-state index in [1.807, 2.05) is 48.5 Å². The summed E-state index contributed by atoms with van der Waals surface area (Å²) in [7, 11) is 0. The topological polar surface area (TPSA) is 58.6 Å². The van der Waals surface area contributed by atoms with Crippen LogP contribution in [0, 0.1) is 0 Å². The van der Waals surface area contributed by atoms with Crippen LogP contribution in [0.4, 0.5) is 10.5 Å². The van der Waals surface area contributed by atoms with Crippen molar-refractivity contribution in [3.05, 3.63) is 72.3 Å². The molecule has 2 N–H and O–H groups in total. The van der Waals surface area contributed by atoms with Crippen LogP contribution >= 0.6 is 0 Å². The van der Waals surface area contributed by atoms with Gasteiger partial charge in [0, 0.05) is 10.8 Å². The average Bonchev–Trinajstić information content (AvgIpc) is 2.57. The summed E-state index contributed by atoms with van der Waals surface area (Å²) in [6, 6.07) is 20.0. The third-order valence-electron chi connectivity index (χ3n) is 3.35. The summed E-state index contributed by atoms with van der Waals surface area (Å²) in [5, 5.41) is 14.0. The molecule has 4 heteroatoms. The number of rotatable bonds is 3. The Balaban J connectivity index is 1.73. The van der Waals surface area contributed by atoms with E-state index < -0.39 is 6.09 Å². The van der Waals surface area contributed by atoms with Gasteiger partial charge in [-0.05, 0) is 17.7 Å². The lowest BCUT2D eigenvalue weighted by atomic mass is 10.1. The van der Waals surface area contributed by atoms with Crippen molar-refractivity contribution in [3.8, 4) is 5.75 Å². The quantitative estimate of drug-likeness (QED) is 0.708. The Morgan fingerprint density at radius 1 is 0.909 bits per heavy atom. The zero-order chi connectivity index (χ0) is 15.4. The third-order valence-corrected chi connectivity index (χ3v) is 3.35. The van der Waals surface area contributed by atoms with Crippen molar-refractivity contribution in [1.29, 1.82) is 0 Å². The zero-order valence-electron chi connectivity index (χ0n) is 11.8. The fraction of sp³-hybridized carbons (Fsp3) is 0.0556. The molecule has 1 amide bonds. The fourth-order valence-electron chi connectivity index (χ4n) is 2.26. The van der Waals surface area contributed by atoms with E-state index in [2.05, 4.69) is 5.32 Å². The molecule has 0 radical (unpaired) electrons. The minimum Gasteiger partial charge on any atom is -0.507 e. The molecule has 4 nitrogen and oxygen atoms in total. The number of hydrogen-bond donors (Lipinski definition) is 2. The molecule has 110 valence electrons. The molecule has 0 aromatic heterocycles. The van der Waals surface area contributed by atoms with E-state index in [1.165, 1.54) is 0 Å². The summed E-state index contributed by atoms with van der Waals surface area (Å²) in [4.78, 5) is 11.9. The number of ether oxygens (including phenoxy) is 1. The standard InChI is InChI=1S/C18H15NO3/c20-17-11-10-16(14-8-4-5-9-15(14)17)19-18(21)22-12-13-6-2-1-3-7-13/h1-11,20H,12H2,(H,19,21). The van der Waals surface area contributed by atoms with Crippen LogP contribution in [0.5, 0.6) is 5.75 Å². The SMILES string of the molecule is O=C(Nc1ccc(O)c2ccccc12)OCc1ccccc1. The molecule has 0 heterocycles. The first-order valence-electron chi connectivity index (χ1n) is 6.92. The van der Waals surface area contributed by atoms with E-state index in [9.17, 15) is 9.90 Å². The molecule has 22 heavy (non-hydrogen) atoms. The lowest BCUT2D eigenvalue weighted by molar-refractivity contribution is 0.155. The van der Waals surface area contributed by atoms with Crippen LogP contribution in [0.25, 0.3) is 10.8 Å². The Hall–Kier alpha value is -3.01. The van der Waals surface area contributed by atoms with Gasteiger partial charge in [0.25, 0.3) is 0 Å². The molecule has 0 unspecified atom stereocenters. The monoisotopic (exact) mass is 293 g/mol. The average molecular weight is 293 g/mol. The largest absolute Gasteiger partial charge is 0.507 e. The predicted molar refractivity (Wildman–Crippen MR) is 85.9 cm³/mol. The van der Waals surface area contributed by atoms with Crippen molar-refractivity contribution in [2.45, 2.75) is 6.61 Å². The number of aromatic hydroxyl groups is 1. The van der Waals surface area contributed by atoms with Crippen molar-refractivity contribution < 1.29 is 14.6 Å². The van der Waals surface area contributed by atoms with Gasteiger partial charge in [-0.3, -0.25) is 5.32 Å². The van der Waals surface area contributed by atoms with Gasteiger partial charge in [0.15, 0.2) is 0 Å². The lowest BCUT2D eigenvalue weighted by Gasteiger charge is -2.10. The van der Waals surface area contributed by atoms with Crippen molar-refractivity contribution >= 4 is 22.6 Å². The van der Waals surface area contributed by atoms with E-state index in [0.717, 1.165) is 10.9 Å². The highest BCUT2D eigenvalue weighted by atomic mass is 16.5. The molecule has 0 atom stereocenters. The molecule has 0 aliphatic heterocycles. The van der Waals surface area contributed by atoms with Gasteiger partial charge >= 0.3 is 6.09 Å². The minimum atomic E-state index is -0.528. The number of nitrogens with one attached hydrogen (secondary N) is 1. The fourth-order valence-corrected chi connectivity index (χ4v) is 2.26. The predicted octanol–water partition coefficient (Wildman–Crippen LogP) is 4.29. The van der Waals surface area contributed by atoms with Gasteiger partial charge in [-0.2, -0.15) is 0 Å². The van der Waals surface area contributed by atoms with Gasteiger partial charge in [-0.1, -0.05) is 54.6 Å². The number of fused-ring (bicyclic) bond motifs is 1. The molecule has 0 spiro atoms. The van der Waals surface area contributed by atoms with Gasteiger partial charge in [0.1, 0.15) is 12.4 Å². The number of phenols is 1. The first-order valence-corrected chi connectivity index (χ1v) is 6.92. The summed E-state index contributed by atoms with van der Waals surface area (Å²) in [6.45, 7) is 0.211. The maximum Gasteiger partial charge on any atom is 0.411 e. The highest BCUT2D eigenvalue weighted by molar-refractivity contribution is 6.02. The Labute approximate surface area is 128 Å². The second-order valence-electron chi connectivity index (χ2n) is 4.86. The summed E-state index contributed by atoms with van der Waals surface area (Å²) in [6.07, 6.45) is -0.528. The lowest BCUT2D eigenvalue weighted by Crippen LogP contribution is -2.13. The molecule has 0 bridgehead atoms.